The molecule has 0 amide bonds. The van der Waals surface area contributed by atoms with E-state index in [0.717, 1.165) is 5.69 Å². The van der Waals surface area contributed by atoms with Crippen molar-refractivity contribution >= 4 is 17.5 Å². The minimum Gasteiger partial charge on any atom is -0.495 e. The van der Waals surface area contributed by atoms with E-state index >= 15 is 0 Å². The molecule has 0 saturated carbocycles. The van der Waals surface area contributed by atoms with Crippen molar-refractivity contribution in [1.82, 2.24) is 15.2 Å². The van der Waals surface area contributed by atoms with Crippen molar-refractivity contribution in [3.8, 4) is 5.75 Å². The molecule has 0 spiro atoms. The number of hydrogen-bond acceptors (Lipinski definition) is 7. The molecule has 2 aromatic rings. The van der Waals surface area contributed by atoms with Gasteiger partial charge in [-0.3, -0.25) is 0 Å². The molecule has 0 saturated heterocycles. The lowest BCUT2D eigenvalue weighted by Gasteiger charge is -2.10. The summed E-state index contributed by atoms with van der Waals surface area (Å²) in [6, 6.07) is 7.54. The van der Waals surface area contributed by atoms with Crippen LogP contribution in [-0.2, 0) is 4.74 Å². The van der Waals surface area contributed by atoms with E-state index in [1.54, 1.807) is 20.4 Å². The Balaban J connectivity index is 2.07. The first-order valence-electron chi connectivity index (χ1n) is 6.16. The van der Waals surface area contributed by atoms with Gasteiger partial charge in [-0.15, -0.1) is 5.10 Å². The van der Waals surface area contributed by atoms with Gasteiger partial charge in [0.05, 0.1) is 25.6 Å². The Morgan fingerprint density at radius 1 is 1.20 bits per heavy atom. The van der Waals surface area contributed by atoms with Gasteiger partial charge in [-0.05, 0) is 12.1 Å². The molecule has 0 atom stereocenters. The van der Waals surface area contributed by atoms with Gasteiger partial charge in [0.15, 0.2) is 5.82 Å². The third-order valence-electron chi connectivity index (χ3n) is 2.52. The Bertz CT molecular complexity index is 550. The summed E-state index contributed by atoms with van der Waals surface area (Å²) in [4.78, 5) is 4.31. The number of hydrogen-bond donors (Lipinski definition) is 2. The van der Waals surface area contributed by atoms with Crippen molar-refractivity contribution < 1.29 is 9.47 Å². The quantitative estimate of drug-likeness (QED) is 0.744. The molecule has 0 unspecified atom stereocenters. The molecule has 20 heavy (non-hydrogen) atoms. The van der Waals surface area contributed by atoms with E-state index in [9.17, 15) is 0 Å². The average molecular weight is 275 g/mol. The minimum atomic E-state index is 0.400. The van der Waals surface area contributed by atoms with Gasteiger partial charge in [0.2, 0.25) is 5.95 Å². The van der Waals surface area contributed by atoms with Gasteiger partial charge in [0, 0.05) is 13.7 Å². The zero-order chi connectivity index (χ0) is 14.2. The fraction of sp³-hybridized carbons (Fsp3) is 0.308. The molecular formula is C13H17N5O2. The molecule has 7 nitrogen and oxygen atoms in total. The SMILES string of the molecule is COCCNc1cnnc(Nc2ccccc2OC)n1. The van der Waals surface area contributed by atoms with E-state index in [-0.39, 0.29) is 0 Å². The summed E-state index contributed by atoms with van der Waals surface area (Å²) in [6.45, 7) is 1.25. The van der Waals surface area contributed by atoms with Gasteiger partial charge in [-0.25, -0.2) is 0 Å². The van der Waals surface area contributed by atoms with Crippen molar-refractivity contribution in [2.24, 2.45) is 0 Å². The predicted molar refractivity (Wildman–Crippen MR) is 76.5 cm³/mol. The van der Waals surface area contributed by atoms with Crippen LogP contribution >= 0.6 is 0 Å². The fourth-order valence-corrected chi connectivity index (χ4v) is 1.59. The first kappa shape index (κ1) is 14.0. The summed E-state index contributed by atoms with van der Waals surface area (Å²) >= 11 is 0. The van der Waals surface area contributed by atoms with Crippen LogP contribution in [0.2, 0.25) is 0 Å². The summed E-state index contributed by atoms with van der Waals surface area (Å²) < 4.78 is 10.2. The molecule has 7 heteroatoms. The van der Waals surface area contributed by atoms with E-state index in [0.29, 0.717) is 30.7 Å². The van der Waals surface area contributed by atoms with Gasteiger partial charge in [0.25, 0.3) is 0 Å². The Labute approximate surface area is 117 Å². The van der Waals surface area contributed by atoms with Crippen molar-refractivity contribution in [2.45, 2.75) is 0 Å². The van der Waals surface area contributed by atoms with E-state index in [1.165, 1.54) is 0 Å². The molecule has 0 aliphatic carbocycles. The number of nitrogens with one attached hydrogen (secondary N) is 2. The normalized spacial score (nSPS) is 10.1. The number of rotatable bonds is 7. The smallest absolute Gasteiger partial charge is 0.249 e. The van der Waals surface area contributed by atoms with Crippen LogP contribution in [0.4, 0.5) is 17.5 Å². The maximum absolute atomic E-state index is 5.26. The maximum atomic E-state index is 5.26. The summed E-state index contributed by atoms with van der Waals surface area (Å²) in [5.41, 5.74) is 0.783. The van der Waals surface area contributed by atoms with Crippen molar-refractivity contribution in [3.05, 3.63) is 30.5 Å². The molecule has 1 aromatic carbocycles. The van der Waals surface area contributed by atoms with E-state index in [4.69, 9.17) is 9.47 Å². The second kappa shape index (κ2) is 7.25. The number of benzene rings is 1. The zero-order valence-electron chi connectivity index (χ0n) is 11.5. The second-order valence-electron chi connectivity index (χ2n) is 3.91. The van der Waals surface area contributed by atoms with Gasteiger partial charge in [-0.2, -0.15) is 10.1 Å². The highest BCUT2D eigenvalue weighted by atomic mass is 16.5. The molecule has 0 aliphatic rings. The van der Waals surface area contributed by atoms with Crippen LogP contribution in [0.5, 0.6) is 5.75 Å². The number of para-hydroxylation sites is 2. The Hall–Kier alpha value is -2.41. The molecule has 0 bridgehead atoms. The summed E-state index contributed by atoms with van der Waals surface area (Å²) in [6.07, 6.45) is 1.56. The van der Waals surface area contributed by atoms with E-state index in [2.05, 4.69) is 25.8 Å². The first-order valence-corrected chi connectivity index (χ1v) is 6.16. The third-order valence-corrected chi connectivity index (χ3v) is 2.52. The molecule has 2 rings (SSSR count). The monoisotopic (exact) mass is 275 g/mol. The Morgan fingerprint density at radius 3 is 2.85 bits per heavy atom. The van der Waals surface area contributed by atoms with Crippen LogP contribution in [0.3, 0.4) is 0 Å². The lowest BCUT2D eigenvalue weighted by molar-refractivity contribution is 0.210. The number of anilines is 3. The number of ether oxygens (including phenoxy) is 2. The number of methoxy groups -OCH3 is 2. The summed E-state index contributed by atoms with van der Waals surface area (Å²) in [7, 11) is 3.26. The number of nitrogens with zero attached hydrogens (tertiary/aromatic N) is 3. The number of aromatic nitrogens is 3. The Morgan fingerprint density at radius 2 is 2.05 bits per heavy atom. The highest BCUT2D eigenvalue weighted by molar-refractivity contribution is 5.62. The topological polar surface area (TPSA) is 81.2 Å². The van der Waals surface area contributed by atoms with Crippen molar-refractivity contribution in [3.63, 3.8) is 0 Å². The van der Waals surface area contributed by atoms with E-state index in [1.807, 2.05) is 24.3 Å². The zero-order valence-corrected chi connectivity index (χ0v) is 11.5. The summed E-state index contributed by atoms with van der Waals surface area (Å²) in [5.74, 6) is 1.75. The van der Waals surface area contributed by atoms with Crippen LogP contribution in [0.25, 0.3) is 0 Å². The van der Waals surface area contributed by atoms with Crippen LogP contribution < -0.4 is 15.4 Å². The molecule has 0 fully saturated rings. The molecule has 106 valence electrons. The third kappa shape index (κ3) is 3.79. The van der Waals surface area contributed by atoms with Gasteiger partial charge in [0.1, 0.15) is 5.75 Å². The van der Waals surface area contributed by atoms with Crippen molar-refractivity contribution in [1.29, 1.82) is 0 Å². The highest BCUT2D eigenvalue weighted by Crippen LogP contribution is 2.25. The van der Waals surface area contributed by atoms with Crippen LogP contribution in [0, 0.1) is 0 Å². The molecule has 1 heterocycles. The van der Waals surface area contributed by atoms with Gasteiger partial charge < -0.3 is 20.1 Å². The average Bonchev–Trinajstić information content (AvgIpc) is 2.48. The van der Waals surface area contributed by atoms with Crippen LogP contribution in [-0.4, -0.2) is 42.6 Å². The first-order chi connectivity index (χ1) is 9.83. The summed E-state index contributed by atoms with van der Waals surface area (Å²) in [5, 5.41) is 14.0. The lowest BCUT2D eigenvalue weighted by atomic mass is 10.3. The van der Waals surface area contributed by atoms with Gasteiger partial charge >= 0.3 is 0 Å². The largest absolute Gasteiger partial charge is 0.495 e. The maximum Gasteiger partial charge on any atom is 0.249 e. The molecule has 2 N–H and O–H groups in total. The Kier molecular flexibility index (Phi) is 5.08. The fourth-order valence-electron chi connectivity index (χ4n) is 1.59. The second-order valence-corrected chi connectivity index (χ2v) is 3.91. The lowest BCUT2D eigenvalue weighted by Crippen LogP contribution is -2.10. The molecule has 1 aromatic heterocycles. The van der Waals surface area contributed by atoms with E-state index < -0.39 is 0 Å². The highest BCUT2D eigenvalue weighted by Gasteiger charge is 2.05. The predicted octanol–water partition coefficient (Wildman–Crippen LogP) is 1.68. The minimum absolute atomic E-state index is 0.400. The van der Waals surface area contributed by atoms with Gasteiger partial charge in [-0.1, -0.05) is 12.1 Å². The van der Waals surface area contributed by atoms with Crippen LogP contribution in [0.1, 0.15) is 0 Å². The molecular weight excluding hydrogens is 258 g/mol. The molecule has 0 aliphatic heterocycles. The van der Waals surface area contributed by atoms with Crippen molar-refractivity contribution in [2.75, 3.05) is 38.0 Å². The van der Waals surface area contributed by atoms with Crippen LogP contribution in [0.15, 0.2) is 30.5 Å². The molecule has 0 radical (unpaired) electrons. The standard InChI is InChI=1S/C13H17N5O2/c1-19-8-7-14-12-9-15-18-13(17-12)16-10-5-3-4-6-11(10)20-2/h3-6,9H,7-8H2,1-2H3,(H2,14,16,17,18).